The molecule has 0 heterocycles. The number of carbonyl (C=O) groups excluding carboxylic acids is 1. The second-order valence-electron chi connectivity index (χ2n) is 5.19. The molecule has 7 nitrogen and oxygen atoms in total. The number of hydrogen-bond donors (Lipinski definition) is 1. The summed E-state index contributed by atoms with van der Waals surface area (Å²) < 4.78 is 27.5. The molecule has 0 fully saturated rings. The van der Waals surface area contributed by atoms with E-state index in [1.54, 1.807) is 6.92 Å². The Kier molecular flexibility index (Phi) is 13.1. The zero-order valence-electron chi connectivity index (χ0n) is 15.3. The van der Waals surface area contributed by atoms with E-state index in [1.165, 1.54) is 0 Å². The predicted octanol–water partition coefficient (Wildman–Crippen LogP) is 1.92. The van der Waals surface area contributed by atoms with Crippen molar-refractivity contribution in [2.75, 3.05) is 39.6 Å². The maximum Gasteiger partial charge on any atom is 0.501 e. The standard InChI is InChI=1S/C16H32O7Si/c1-6-21-24(22-7-2,23-8-3)11-9-10-19-12-15(17)13-20-16(18)14(4)5/h15,17H,4,6-13H2,1-3,5H3. The van der Waals surface area contributed by atoms with Crippen LogP contribution in [0.15, 0.2) is 12.2 Å². The third-order valence-electron chi connectivity index (χ3n) is 2.93. The summed E-state index contributed by atoms with van der Waals surface area (Å²) in [7, 11) is -2.64. The Morgan fingerprint density at radius 1 is 1.08 bits per heavy atom. The van der Waals surface area contributed by atoms with Crippen LogP contribution in [0.3, 0.4) is 0 Å². The van der Waals surface area contributed by atoms with Crippen LogP contribution in [0.5, 0.6) is 0 Å². The first kappa shape index (κ1) is 23.2. The van der Waals surface area contributed by atoms with Gasteiger partial charge in [0.2, 0.25) is 0 Å². The lowest BCUT2D eigenvalue weighted by atomic mass is 10.3. The lowest BCUT2D eigenvalue weighted by Gasteiger charge is -2.28. The highest BCUT2D eigenvalue weighted by atomic mass is 28.4. The van der Waals surface area contributed by atoms with Gasteiger partial charge in [-0.2, -0.15) is 0 Å². The van der Waals surface area contributed by atoms with Crippen molar-refractivity contribution in [1.29, 1.82) is 0 Å². The van der Waals surface area contributed by atoms with Gasteiger partial charge in [0.25, 0.3) is 0 Å². The van der Waals surface area contributed by atoms with Gasteiger partial charge in [0.05, 0.1) is 6.61 Å². The van der Waals surface area contributed by atoms with Crippen molar-refractivity contribution in [3.05, 3.63) is 12.2 Å². The van der Waals surface area contributed by atoms with Crippen molar-refractivity contribution in [2.24, 2.45) is 0 Å². The molecule has 0 rings (SSSR count). The molecule has 0 aliphatic rings. The van der Waals surface area contributed by atoms with Crippen molar-refractivity contribution < 1.29 is 32.7 Å². The average molecular weight is 365 g/mol. The molecule has 0 spiro atoms. The first-order chi connectivity index (χ1) is 11.4. The van der Waals surface area contributed by atoms with Crippen LogP contribution in [0, 0.1) is 0 Å². The normalized spacial score (nSPS) is 12.9. The van der Waals surface area contributed by atoms with Crippen LogP contribution in [0.25, 0.3) is 0 Å². The fourth-order valence-electron chi connectivity index (χ4n) is 1.95. The molecular formula is C16H32O7Si. The van der Waals surface area contributed by atoms with Gasteiger partial charge >= 0.3 is 14.8 Å². The molecule has 1 atom stereocenters. The molecule has 0 aromatic carbocycles. The van der Waals surface area contributed by atoms with Crippen molar-refractivity contribution in [1.82, 2.24) is 0 Å². The van der Waals surface area contributed by atoms with Crippen LogP contribution in [-0.2, 0) is 27.5 Å². The van der Waals surface area contributed by atoms with E-state index in [-0.39, 0.29) is 13.2 Å². The molecule has 0 aromatic rings. The highest BCUT2D eigenvalue weighted by molar-refractivity contribution is 6.60. The summed E-state index contributed by atoms with van der Waals surface area (Å²) in [5.41, 5.74) is 0.298. The minimum Gasteiger partial charge on any atom is -0.460 e. The maximum absolute atomic E-state index is 11.2. The van der Waals surface area contributed by atoms with Crippen molar-refractivity contribution in [2.45, 2.75) is 46.3 Å². The third kappa shape index (κ3) is 10.2. The van der Waals surface area contributed by atoms with E-state index < -0.39 is 20.9 Å². The van der Waals surface area contributed by atoms with Crippen LogP contribution in [0.4, 0.5) is 0 Å². The van der Waals surface area contributed by atoms with Gasteiger partial charge in [0.15, 0.2) is 0 Å². The summed E-state index contributed by atoms with van der Waals surface area (Å²) in [4.78, 5) is 11.2. The molecule has 0 amide bonds. The van der Waals surface area contributed by atoms with Crippen molar-refractivity contribution in [3.8, 4) is 0 Å². The Morgan fingerprint density at radius 3 is 2.08 bits per heavy atom. The van der Waals surface area contributed by atoms with E-state index in [9.17, 15) is 9.90 Å². The van der Waals surface area contributed by atoms with Crippen LogP contribution >= 0.6 is 0 Å². The van der Waals surface area contributed by atoms with E-state index in [4.69, 9.17) is 22.8 Å². The molecular weight excluding hydrogens is 332 g/mol. The largest absolute Gasteiger partial charge is 0.501 e. The lowest BCUT2D eigenvalue weighted by molar-refractivity contribution is -0.143. The van der Waals surface area contributed by atoms with Gasteiger partial charge in [0, 0.05) is 38.0 Å². The third-order valence-corrected chi connectivity index (χ3v) is 6.08. The van der Waals surface area contributed by atoms with Crippen LogP contribution < -0.4 is 0 Å². The summed E-state index contributed by atoms with van der Waals surface area (Å²) in [6, 6.07) is 0.656. The van der Waals surface area contributed by atoms with Crippen molar-refractivity contribution >= 4 is 14.8 Å². The summed E-state index contributed by atoms with van der Waals surface area (Å²) >= 11 is 0. The highest BCUT2D eigenvalue weighted by Crippen LogP contribution is 2.18. The minimum atomic E-state index is -2.64. The molecule has 1 N–H and O–H groups in total. The average Bonchev–Trinajstić information content (AvgIpc) is 2.52. The summed E-state index contributed by atoms with van der Waals surface area (Å²) in [6.07, 6.45) is -0.161. The SMILES string of the molecule is C=C(C)C(=O)OCC(O)COCCC[Si](OCC)(OCC)OCC. The predicted molar refractivity (Wildman–Crippen MR) is 92.7 cm³/mol. The number of carbonyl (C=O) groups is 1. The molecule has 0 aromatic heterocycles. The second-order valence-corrected chi connectivity index (χ2v) is 7.93. The van der Waals surface area contributed by atoms with Crippen LogP contribution in [0.2, 0.25) is 6.04 Å². The van der Waals surface area contributed by atoms with Crippen LogP contribution in [-0.4, -0.2) is 65.6 Å². The van der Waals surface area contributed by atoms with Gasteiger partial charge in [-0.05, 0) is 34.1 Å². The monoisotopic (exact) mass is 364 g/mol. The number of hydrogen-bond acceptors (Lipinski definition) is 7. The molecule has 0 radical (unpaired) electrons. The fourth-order valence-corrected chi connectivity index (χ4v) is 4.53. The van der Waals surface area contributed by atoms with E-state index in [0.717, 1.165) is 0 Å². The molecule has 1 unspecified atom stereocenters. The maximum atomic E-state index is 11.2. The van der Waals surface area contributed by atoms with Crippen LogP contribution in [0.1, 0.15) is 34.1 Å². The molecule has 142 valence electrons. The zero-order chi connectivity index (χ0) is 18.4. The zero-order valence-corrected chi connectivity index (χ0v) is 16.3. The fraction of sp³-hybridized carbons (Fsp3) is 0.812. The van der Waals surface area contributed by atoms with Gasteiger partial charge in [-0.15, -0.1) is 0 Å². The van der Waals surface area contributed by atoms with E-state index >= 15 is 0 Å². The Bertz CT molecular complexity index is 345. The van der Waals surface area contributed by atoms with Gasteiger partial charge < -0.3 is 27.9 Å². The second kappa shape index (κ2) is 13.5. The quantitative estimate of drug-likeness (QED) is 0.206. The summed E-state index contributed by atoms with van der Waals surface area (Å²) in [6.45, 7) is 12.8. The molecule has 24 heavy (non-hydrogen) atoms. The Hall–Kier alpha value is -0.773. The van der Waals surface area contributed by atoms with E-state index in [2.05, 4.69) is 6.58 Å². The van der Waals surface area contributed by atoms with E-state index in [0.29, 0.717) is 44.5 Å². The Balaban J connectivity index is 4.03. The summed E-state index contributed by atoms with van der Waals surface area (Å²) in [5.74, 6) is -0.519. The highest BCUT2D eigenvalue weighted by Gasteiger charge is 2.39. The smallest absolute Gasteiger partial charge is 0.460 e. The number of esters is 1. The van der Waals surface area contributed by atoms with Crippen molar-refractivity contribution in [3.63, 3.8) is 0 Å². The van der Waals surface area contributed by atoms with Gasteiger partial charge in [-0.3, -0.25) is 0 Å². The molecule has 0 saturated heterocycles. The Morgan fingerprint density at radius 2 is 1.62 bits per heavy atom. The first-order valence-corrected chi connectivity index (χ1v) is 10.3. The minimum absolute atomic E-state index is 0.0932. The number of ether oxygens (including phenoxy) is 2. The number of rotatable bonds is 15. The van der Waals surface area contributed by atoms with E-state index in [1.807, 2.05) is 20.8 Å². The first-order valence-electron chi connectivity index (χ1n) is 8.41. The lowest BCUT2D eigenvalue weighted by Crippen LogP contribution is -2.46. The molecule has 0 aliphatic heterocycles. The number of aliphatic hydroxyl groups is 1. The van der Waals surface area contributed by atoms with Gasteiger partial charge in [-0.1, -0.05) is 6.58 Å². The summed E-state index contributed by atoms with van der Waals surface area (Å²) in [5, 5.41) is 9.69. The topological polar surface area (TPSA) is 83.5 Å². The van der Waals surface area contributed by atoms with Gasteiger partial charge in [-0.25, -0.2) is 4.79 Å². The Labute approximate surface area is 146 Å². The molecule has 0 aliphatic carbocycles. The number of aliphatic hydroxyl groups excluding tert-OH is 1. The molecule has 0 saturated carbocycles. The molecule has 8 heteroatoms. The van der Waals surface area contributed by atoms with Gasteiger partial charge in [0.1, 0.15) is 12.7 Å². The molecule has 0 bridgehead atoms.